The van der Waals surface area contributed by atoms with Gasteiger partial charge in [-0.3, -0.25) is 0 Å². The third-order valence-electron chi connectivity index (χ3n) is 6.49. The van der Waals surface area contributed by atoms with Crippen molar-refractivity contribution in [1.82, 2.24) is 0 Å². The van der Waals surface area contributed by atoms with E-state index in [4.69, 9.17) is 9.47 Å². The molecule has 0 saturated carbocycles. The first-order chi connectivity index (χ1) is 18.0. The second-order valence-corrected chi connectivity index (χ2v) is 14.0. The zero-order valence-corrected chi connectivity index (χ0v) is 21.6. The Hall–Kier alpha value is -1.91. The lowest BCUT2D eigenvalue weighted by Gasteiger charge is -2.39. The summed E-state index contributed by atoms with van der Waals surface area (Å²) in [4.78, 5) is 0.0257. The maximum absolute atomic E-state index is 14.5. The van der Waals surface area contributed by atoms with Crippen LogP contribution in [0.4, 0.5) is 39.5 Å². The molecule has 5 nitrogen and oxygen atoms in total. The van der Waals surface area contributed by atoms with Gasteiger partial charge in [0, 0.05) is 28.2 Å². The Bertz CT molecular complexity index is 1300. The molecule has 0 aromatic heterocycles. The van der Waals surface area contributed by atoms with Crippen LogP contribution in [0.1, 0.15) is 32.1 Å². The summed E-state index contributed by atoms with van der Waals surface area (Å²) in [5.74, 6) is -14.9. The molecule has 2 aromatic rings. The number of hydrogen-bond acceptors (Lipinski definition) is 5. The topological polar surface area (TPSA) is 61.8 Å². The van der Waals surface area contributed by atoms with Crippen LogP contribution in [0.15, 0.2) is 41.3 Å². The Balaban J connectivity index is 1.76. The Labute approximate surface area is 219 Å². The van der Waals surface area contributed by atoms with Gasteiger partial charge in [-0.2, -0.15) is 47.9 Å². The van der Waals surface area contributed by atoms with Gasteiger partial charge in [0.25, 0.3) is 0 Å². The zero-order valence-electron chi connectivity index (χ0n) is 20.0. The smallest absolute Gasteiger partial charge is 0.460 e. The van der Waals surface area contributed by atoms with Crippen LogP contribution in [0.2, 0.25) is 0 Å². The monoisotopic (exact) mass is 614 g/mol. The van der Waals surface area contributed by atoms with E-state index in [-0.39, 0.29) is 34.6 Å². The van der Waals surface area contributed by atoms with Crippen LogP contribution in [0, 0.1) is 0 Å². The van der Waals surface area contributed by atoms with Crippen molar-refractivity contribution in [1.29, 1.82) is 0 Å². The summed E-state index contributed by atoms with van der Waals surface area (Å²) >= 11 is 0. The van der Waals surface area contributed by atoms with Gasteiger partial charge in [-0.25, -0.2) is 3.63 Å². The summed E-state index contributed by atoms with van der Waals surface area (Å²) < 4.78 is 163. The van der Waals surface area contributed by atoms with Crippen molar-refractivity contribution in [3.8, 4) is 5.75 Å². The predicted molar refractivity (Wildman–Crippen MR) is 124 cm³/mol. The van der Waals surface area contributed by atoms with Crippen molar-refractivity contribution in [3.05, 3.63) is 36.4 Å². The first-order valence-electron chi connectivity index (χ1n) is 11.7. The van der Waals surface area contributed by atoms with Crippen molar-refractivity contribution >= 4 is 31.2 Å². The number of hydrogen-bond donors (Lipinski definition) is 0. The lowest BCUT2D eigenvalue weighted by atomic mass is 10.1. The molecule has 0 aliphatic carbocycles. The molecule has 2 aromatic carbocycles. The number of halogens is 9. The normalized spacial score (nSPS) is 22.1. The third-order valence-corrected chi connectivity index (χ3v) is 12.2. The molecule has 4 rings (SSSR count). The molecule has 16 heteroatoms. The molecule has 0 bridgehead atoms. The van der Waals surface area contributed by atoms with E-state index >= 15 is 0 Å². The van der Waals surface area contributed by atoms with E-state index in [1.165, 1.54) is 24.3 Å². The van der Waals surface area contributed by atoms with Gasteiger partial charge in [0.2, 0.25) is 0 Å². The summed E-state index contributed by atoms with van der Waals surface area (Å²) in [6, 6.07) is 8.87. The maximum Gasteiger partial charge on any atom is 0.460 e. The van der Waals surface area contributed by atoms with Gasteiger partial charge in [-0.15, -0.1) is 0 Å². The van der Waals surface area contributed by atoms with Crippen LogP contribution in [-0.4, -0.2) is 56.1 Å². The zero-order chi connectivity index (χ0) is 28.9. The summed E-state index contributed by atoms with van der Waals surface area (Å²) in [5, 5.41) is -6.28. The van der Waals surface area contributed by atoms with E-state index in [1.54, 1.807) is 12.1 Å². The van der Waals surface area contributed by atoms with Crippen molar-refractivity contribution in [3.63, 3.8) is 0 Å². The minimum absolute atomic E-state index is 0.0257. The highest BCUT2D eigenvalue weighted by molar-refractivity contribution is 8.33. The minimum Gasteiger partial charge on any atom is -0.464 e. The molecule has 2 aliphatic heterocycles. The molecule has 0 amide bonds. The molecule has 220 valence electrons. The molecule has 0 N–H and O–H groups in total. The Morgan fingerprint density at radius 1 is 0.795 bits per heavy atom. The van der Waals surface area contributed by atoms with Gasteiger partial charge >= 0.3 is 33.4 Å². The first kappa shape index (κ1) is 30.1. The van der Waals surface area contributed by atoms with Gasteiger partial charge in [0.15, 0.2) is 6.29 Å². The molecule has 0 spiro atoms. The fourth-order valence-electron chi connectivity index (χ4n) is 4.45. The van der Waals surface area contributed by atoms with Gasteiger partial charge in [0.1, 0.15) is 5.75 Å². The number of rotatable bonds is 8. The van der Waals surface area contributed by atoms with Crippen molar-refractivity contribution in [2.24, 2.45) is 0 Å². The van der Waals surface area contributed by atoms with E-state index in [9.17, 15) is 47.9 Å². The van der Waals surface area contributed by atoms with Crippen molar-refractivity contribution in [2.45, 2.75) is 66.6 Å². The quantitative estimate of drug-likeness (QED) is 0.290. The predicted octanol–water partition coefficient (Wildman–Crippen LogP) is 7.39. The number of fused-ring (bicyclic) bond motifs is 1. The van der Waals surface area contributed by atoms with Crippen LogP contribution in [-0.2, 0) is 18.5 Å². The molecule has 2 saturated heterocycles. The summed E-state index contributed by atoms with van der Waals surface area (Å²) in [6.07, 6.45) is -5.09. The molecular weight excluding hydrogens is 591 g/mol. The Morgan fingerprint density at radius 3 is 1.97 bits per heavy atom. The highest BCUT2D eigenvalue weighted by atomic mass is 32.3. The molecule has 1 unspecified atom stereocenters. The van der Waals surface area contributed by atoms with Crippen molar-refractivity contribution < 1.29 is 61.0 Å². The lowest BCUT2D eigenvalue weighted by molar-refractivity contribution is -0.382. The Kier molecular flexibility index (Phi) is 7.84. The number of alkyl halides is 9. The van der Waals surface area contributed by atoms with Crippen molar-refractivity contribution in [2.75, 3.05) is 18.1 Å². The average molecular weight is 615 g/mol. The van der Waals surface area contributed by atoms with E-state index < -0.39 is 50.0 Å². The molecule has 0 radical (unpaired) electrons. The number of benzene rings is 2. The van der Waals surface area contributed by atoms with Gasteiger partial charge in [-0.1, -0.05) is 34.6 Å². The lowest BCUT2D eigenvalue weighted by Crippen LogP contribution is -2.63. The standard InChI is InChI=1S/C23H23F9O5S2/c24-20(25,22(28,29)30)21(26,27)23(31,32)39(33,34)37-38(13-5-6-14-38)18-11-10-17(15-7-1-2-8-16(15)18)36-19-9-3-4-12-35-19/h1-2,7-8,10-11,19H,3-6,9,12-14H2. The summed E-state index contributed by atoms with van der Waals surface area (Å²) in [7, 11) is -10.4. The number of ether oxygens (including phenoxy) is 2. The second-order valence-electron chi connectivity index (χ2n) is 9.13. The fourth-order valence-corrected chi connectivity index (χ4v) is 10.3. The maximum atomic E-state index is 14.5. The average Bonchev–Trinajstić information content (AvgIpc) is 3.32. The summed E-state index contributed by atoms with van der Waals surface area (Å²) in [6.45, 7) is 0.464. The van der Waals surface area contributed by atoms with E-state index in [2.05, 4.69) is 3.63 Å². The second kappa shape index (κ2) is 10.2. The summed E-state index contributed by atoms with van der Waals surface area (Å²) in [5.41, 5.74) is 0. The third kappa shape index (κ3) is 5.05. The molecule has 2 aliphatic rings. The van der Waals surface area contributed by atoms with Crippen LogP contribution in [0.5, 0.6) is 5.75 Å². The fraction of sp³-hybridized carbons (Fsp3) is 0.565. The molecule has 2 heterocycles. The van der Waals surface area contributed by atoms with Crippen LogP contribution in [0.3, 0.4) is 0 Å². The highest BCUT2D eigenvalue weighted by Crippen LogP contribution is 2.66. The van der Waals surface area contributed by atoms with Gasteiger partial charge in [-0.05, 0) is 43.2 Å². The highest BCUT2D eigenvalue weighted by Gasteiger charge is 2.86. The van der Waals surface area contributed by atoms with Crippen LogP contribution < -0.4 is 4.74 Å². The van der Waals surface area contributed by atoms with Crippen LogP contribution >= 0.6 is 10.3 Å². The SMILES string of the molecule is O=S(=O)(OS1(c2ccc(OC3CCCCO3)c3ccccc23)CCCC1)C(F)(F)C(F)(F)C(F)(F)C(F)(F)F. The first-order valence-corrected chi connectivity index (χ1v) is 15.0. The van der Waals surface area contributed by atoms with E-state index in [0.717, 1.165) is 12.8 Å². The van der Waals surface area contributed by atoms with E-state index in [1.807, 2.05) is 0 Å². The van der Waals surface area contributed by atoms with Gasteiger partial charge < -0.3 is 9.47 Å². The van der Waals surface area contributed by atoms with E-state index in [0.29, 0.717) is 24.2 Å². The minimum atomic E-state index is -7.37. The largest absolute Gasteiger partial charge is 0.464 e. The molecule has 1 atom stereocenters. The molecule has 39 heavy (non-hydrogen) atoms. The molecule has 2 fully saturated rings. The molecular formula is C23H23F9O5S2. The Morgan fingerprint density at radius 2 is 1.41 bits per heavy atom. The van der Waals surface area contributed by atoms with Crippen LogP contribution in [0.25, 0.3) is 10.8 Å². The van der Waals surface area contributed by atoms with Gasteiger partial charge in [0.05, 0.1) is 6.61 Å².